The van der Waals surface area contributed by atoms with Crippen LogP contribution in [0.4, 0.5) is 5.82 Å². The van der Waals surface area contributed by atoms with Crippen LogP contribution >= 0.6 is 11.3 Å². The molecule has 3 heterocycles. The number of imidazole rings is 1. The molecule has 19 heavy (non-hydrogen) atoms. The molecular weight excluding hydrogens is 260 g/mol. The van der Waals surface area contributed by atoms with Crippen molar-refractivity contribution in [3.63, 3.8) is 0 Å². The van der Waals surface area contributed by atoms with Gasteiger partial charge in [-0.15, -0.1) is 11.3 Å². The van der Waals surface area contributed by atoms with Crippen molar-refractivity contribution in [1.29, 1.82) is 0 Å². The van der Waals surface area contributed by atoms with Gasteiger partial charge in [-0.1, -0.05) is 0 Å². The van der Waals surface area contributed by atoms with Crippen LogP contribution in [0.1, 0.15) is 12.1 Å². The van der Waals surface area contributed by atoms with Crippen molar-refractivity contribution in [3.05, 3.63) is 17.3 Å². The summed E-state index contributed by atoms with van der Waals surface area (Å²) < 4.78 is 7.44. The highest BCUT2D eigenvalue weighted by molar-refractivity contribution is 7.15. The van der Waals surface area contributed by atoms with Gasteiger partial charge in [-0.25, -0.2) is 4.98 Å². The normalized spacial score (nSPS) is 19.7. The Labute approximate surface area is 117 Å². The van der Waals surface area contributed by atoms with Gasteiger partial charge in [-0.2, -0.15) is 0 Å². The van der Waals surface area contributed by atoms with Gasteiger partial charge in [0.2, 0.25) is 0 Å². The van der Waals surface area contributed by atoms with Crippen LogP contribution in [0, 0.1) is 5.92 Å². The lowest BCUT2D eigenvalue weighted by Crippen LogP contribution is -2.23. The number of hydrogen-bond acceptors (Lipinski definition) is 5. The Bertz CT molecular complexity index is 550. The monoisotopic (exact) mass is 280 g/mol. The van der Waals surface area contributed by atoms with Crippen LogP contribution in [0.2, 0.25) is 0 Å². The van der Waals surface area contributed by atoms with Crippen LogP contribution in [-0.2, 0) is 11.2 Å². The van der Waals surface area contributed by atoms with Crippen molar-refractivity contribution in [1.82, 2.24) is 9.38 Å². The molecule has 104 valence electrons. The van der Waals surface area contributed by atoms with Crippen molar-refractivity contribution in [2.24, 2.45) is 11.7 Å². The van der Waals surface area contributed by atoms with Gasteiger partial charge in [0, 0.05) is 44.1 Å². The smallest absolute Gasteiger partial charge is 0.195 e. The second-order valence-electron chi connectivity index (χ2n) is 5.03. The molecule has 0 radical (unpaired) electrons. The fraction of sp³-hybridized carbons (Fsp3) is 0.615. The number of hydrogen-bond donors (Lipinski definition) is 1. The minimum absolute atomic E-state index is 0.621. The molecule has 2 aromatic heterocycles. The average molecular weight is 280 g/mol. The van der Waals surface area contributed by atoms with Crippen LogP contribution in [0.25, 0.3) is 4.96 Å². The van der Waals surface area contributed by atoms with E-state index in [1.165, 1.54) is 12.1 Å². The summed E-state index contributed by atoms with van der Waals surface area (Å²) in [6, 6.07) is 0. The van der Waals surface area contributed by atoms with E-state index in [1.807, 2.05) is 0 Å². The summed E-state index contributed by atoms with van der Waals surface area (Å²) >= 11 is 1.68. The van der Waals surface area contributed by atoms with Crippen LogP contribution in [0.5, 0.6) is 0 Å². The molecule has 5 nitrogen and oxygen atoms in total. The molecule has 0 aliphatic carbocycles. The van der Waals surface area contributed by atoms with E-state index in [-0.39, 0.29) is 0 Å². The second kappa shape index (κ2) is 5.48. The number of thiazole rings is 1. The van der Waals surface area contributed by atoms with Crippen molar-refractivity contribution in [3.8, 4) is 0 Å². The summed E-state index contributed by atoms with van der Waals surface area (Å²) in [6.45, 7) is 3.60. The molecule has 3 rings (SSSR count). The third-order valence-corrected chi connectivity index (χ3v) is 4.47. The number of ether oxygens (including phenoxy) is 1. The molecule has 0 aromatic carbocycles. The first kappa shape index (κ1) is 12.9. The standard InChI is InChI=1S/C13H20N4OS/c1-18-9-10-3-5-16(8-10)12-11(2-4-14)17-6-7-19-13(17)15-12/h6-7,10H,2-5,8-9,14H2,1H3. The van der Waals surface area contributed by atoms with Gasteiger partial charge in [0.05, 0.1) is 12.3 Å². The molecule has 1 atom stereocenters. The Morgan fingerprint density at radius 1 is 1.58 bits per heavy atom. The zero-order chi connectivity index (χ0) is 13.2. The molecule has 1 aliphatic heterocycles. The van der Waals surface area contributed by atoms with E-state index in [0.29, 0.717) is 12.5 Å². The van der Waals surface area contributed by atoms with E-state index in [1.54, 1.807) is 18.4 Å². The lowest BCUT2D eigenvalue weighted by atomic mass is 10.1. The molecule has 1 aliphatic rings. The van der Waals surface area contributed by atoms with Crippen molar-refractivity contribution in [2.45, 2.75) is 12.8 Å². The Kier molecular flexibility index (Phi) is 3.72. The van der Waals surface area contributed by atoms with Gasteiger partial charge < -0.3 is 15.4 Å². The summed E-state index contributed by atoms with van der Waals surface area (Å²) in [5, 5.41) is 2.07. The Hall–Kier alpha value is -1.11. The molecule has 0 spiro atoms. The summed E-state index contributed by atoms with van der Waals surface area (Å²) in [4.78, 5) is 8.23. The molecule has 2 aromatic rings. The molecule has 1 saturated heterocycles. The Balaban J connectivity index is 1.87. The number of nitrogens with zero attached hydrogens (tertiary/aromatic N) is 3. The first-order valence-corrected chi connectivity index (χ1v) is 7.59. The van der Waals surface area contributed by atoms with E-state index >= 15 is 0 Å². The van der Waals surface area contributed by atoms with Gasteiger partial charge in [0.25, 0.3) is 0 Å². The first-order valence-electron chi connectivity index (χ1n) is 6.72. The fourth-order valence-corrected chi connectivity index (χ4v) is 3.57. The van der Waals surface area contributed by atoms with Gasteiger partial charge in [0.15, 0.2) is 10.8 Å². The minimum atomic E-state index is 0.621. The maximum absolute atomic E-state index is 5.75. The molecule has 1 unspecified atom stereocenters. The summed E-state index contributed by atoms with van der Waals surface area (Å²) in [6.07, 6.45) is 4.14. The zero-order valence-electron chi connectivity index (χ0n) is 11.2. The quantitative estimate of drug-likeness (QED) is 0.899. The van der Waals surface area contributed by atoms with Crippen LogP contribution in [0.3, 0.4) is 0 Å². The lowest BCUT2D eigenvalue weighted by Gasteiger charge is -2.17. The van der Waals surface area contributed by atoms with Crippen LogP contribution in [-0.4, -0.2) is 42.7 Å². The molecule has 0 amide bonds. The van der Waals surface area contributed by atoms with Gasteiger partial charge in [0.1, 0.15) is 0 Å². The van der Waals surface area contributed by atoms with Crippen molar-refractivity contribution in [2.75, 3.05) is 38.3 Å². The Morgan fingerprint density at radius 2 is 2.47 bits per heavy atom. The zero-order valence-corrected chi connectivity index (χ0v) is 12.0. The second-order valence-corrected chi connectivity index (χ2v) is 5.91. The third-order valence-electron chi connectivity index (χ3n) is 3.71. The number of methoxy groups -OCH3 is 1. The fourth-order valence-electron chi connectivity index (χ4n) is 2.84. The summed E-state index contributed by atoms with van der Waals surface area (Å²) in [5.41, 5.74) is 6.99. The topological polar surface area (TPSA) is 55.8 Å². The molecule has 0 bridgehead atoms. The maximum atomic E-state index is 5.75. The number of fused-ring (bicyclic) bond motifs is 1. The van der Waals surface area contributed by atoms with Crippen LogP contribution < -0.4 is 10.6 Å². The summed E-state index contributed by atoms with van der Waals surface area (Å²) in [7, 11) is 1.77. The molecule has 1 fully saturated rings. The van der Waals surface area contributed by atoms with E-state index < -0.39 is 0 Å². The highest BCUT2D eigenvalue weighted by Gasteiger charge is 2.27. The van der Waals surface area contributed by atoms with Gasteiger partial charge in [-0.3, -0.25) is 4.40 Å². The van der Waals surface area contributed by atoms with E-state index in [2.05, 4.69) is 20.9 Å². The lowest BCUT2D eigenvalue weighted by molar-refractivity contribution is 0.161. The molecule has 0 saturated carbocycles. The predicted molar refractivity (Wildman–Crippen MR) is 78.0 cm³/mol. The molecule has 2 N–H and O–H groups in total. The molecular formula is C13H20N4OS. The highest BCUT2D eigenvalue weighted by atomic mass is 32.1. The number of rotatable bonds is 5. The minimum Gasteiger partial charge on any atom is -0.384 e. The van der Waals surface area contributed by atoms with E-state index in [0.717, 1.165) is 36.9 Å². The van der Waals surface area contributed by atoms with E-state index in [9.17, 15) is 0 Å². The number of nitrogens with two attached hydrogens (primary N) is 1. The van der Waals surface area contributed by atoms with Crippen molar-refractivity contribution >= 4 is 22.1 Å². The molecule has 6 heteroatoms. The number of aromatic nitrogens is 2. The SMILES string of the molecule is COCC1CCN(c2nc3sccn3c2CCN)C1. The van der Waals surface area contributed by atoms with Gasteiger partial charge >= 0.3 is 0 Å². The average Bonchev–Trinajstić information content (AvgIpc) is 3.06. The van der Waals surface area contributed by atoms with Gasteiger partial charge in [-0.05, 0) is 13.0 Å². The Morgan fingerprint density at radius 3 is 3.26 bits per heavy atom. The predicted octanol–water partition coefficient (Wildman–Crippen LogP) is 1.37. The number of anilines is 1. The highest BCUT2D eigenvalue weighted by Crippen LogP contribution is 2.29. The first-order chi connectivity index (χ1) is 9.33. The summed E-state index contributed by atoms with van der Waals surface area (Å²) in [5.74, 6) is 1.74. The maximum Gasteiger partial charge on any atom is 0.195 e. The third kappa shape index (κ3) is 2.35. The van der Waals surface area contributed by atoms with Crippen molar-refractivity contribution < 1.29 is 4.74 Å². The largest absolute Gasteiger partial charge is 0.384 e. The van der Waals surface area contributed by atoms with Crippen LogP contribution in [0.15, 0.2) is 11.6 Å². The van der Waals surface area contributed by atoms with E-state index in [4.69, 9.17) is 15.5 Å².